The van der Waals surface area contributed by atoms with Gasteiger partial charge >= 0.3 is 0 Å². The highest BCUT2D eigenvalue weighted by atomic mass is 32.2. The van der Waals surface area contributed by atoms with Gasteiger partial charge in [0.25, 0.3) is 0 Å². The average molecular weight is 368 g/mol. The third-order valence-electron chi connectivity index (χ3n) is 4.36. The van der Waals surface area contributed by atoms with Crippen LogP contribution in [0.3, 0.4) is 0 Å². The van der Waals surface area contributed by atoms with E-state index in [0.717, 1.165) is 53.8 Å². The summed E-state index contributed by atoms with van der Waals surface area (Å²) >= 11 is 1.50. The van der Waals surface area contributed by atoms with Crippen molar-refractivity contribution < 1.29 is 5.11 Å². The number of pyridine rings is 1. The molecule has 0 bridgehead atoms. The second-order valence-electron chi connectivity index (χ2n) is 6.16. The van der Waals surface area contributed by atoms with E-state index < -0.39 is 0 Å². The van der Waals surface area contributed by atoms with Crippen LogP contribution in [0, 0.1) is 0 Å². The van der Waals surface area contributed by atoms with Crippen molar-refractivity contribution in [2.45, 2.75) is 55.9 Å². The number of aliphatic hydroxyl groups is 1. The smallest absolute Gasteiger partial charge is 0.197 e. The molecule has 26 heavy (non-hydrogen) atoms. The van der Waals surface area contributed by atoms with E-state index in [1.54, 1.807) is 6.20 Å². The van der Waals surface area contributed by atoms with Gasteiger partial charge in [0, 0.05) is 24.0 Å². The SMILES string of the molecule is CCCn1c(CO)nnc1Sc1nc(-c2ccccn2)nc2c1CCC2. The predicted octanol–water partition coefficient (Wildman–Crippen LogP) is 2.67. The number of rotatable bonds is 6. The predicted molar refractivity (Wildman–Crippen MR) is 97.6 cm³/mol. The number of hydrogen-bond acceptors (Lipinski definition) is 7. The number of aliphatic hydroxyl groups excluding tert-OH is 1. The number of aromatic nitrogens is 6. The Balaban J connectivity index is 1.75. The highest BCUT2D eigenvalue weighted by Gasteiger charge is 2.23. The maximum Gasteiger partial charge on any atom is 0.197 e. The molecule has 0 aromatic carbocycles. The molecule has 0 saturated heterocycles. The summed E-state index contributed by atoms with van der Waals surface area (Å²) in [5, 5.41) is 19.6. The first-order valence-corrected chi connectivity index (χ1v) is 9.63. The highest BCUT2D eigenvalue weighted by Crippen LogP contribution is 2.35. The van der Waals surface area contributed by atoms with Gasteiger partial charge < -0.3 is 9.67 Å². The quantitative estimate of drug-likeness (QED) is 0.669. The van der Waals surface area contributed by atoms with Crippen LogP contribution in [0.15, 0.2) is 34.6 Å². The topological polar surface area (TPSA) is 89.6 Å². The van der Waals surface area contributed by atoms with Crippen molar-refractivity contribution >= 4 is 11.8 Å². The minimum Gasteiger partial charge on any atom is -0.388 e. The Kier molecular flexibility index (Phi) is 4.94. The summed E-state index contributed by atoms with van der Waals surface area (Å²) in [5.41, 5.74) is 3.08. The highest BCUT2D eigenvalue weighted by molar-refractivity contribution is 7.99. The van der Waals surface area contributed by atoms with Gasteiger partial charge in [0.1, 0.15) is 17.3 Å². The number of fused-ring (bicyclic) bond motifs is 1. The van der Waals surface area contributed by atoms with Gasteiger partial charge in [-0.15, -0.1) is 10.2 Å². The zero-order valence-electron chi connectivity index (χ0n) is 14.6. The second kappa shape index (κ2) is 7.51. The third-order valence-corrected chi connectivity index (χ3v) is 5.37. The molecular weight excluding hydrogens is 348 g/mol. The van der Waals surface area contributed by atoms with Gasteiger partial charge in [-0.25, -0.2) is 9.97 Å². The molecular formula is C18H20N6OS. The largest absolute Gasteiger partial charge is 0.388 e. The molecule has 0 amide bonds. The lowest BCUT2D eigenvalue weighted by Crippen LogP contribution is -2.06. The fraction of sp³-hybridized carbons (Fsp3) is 0.389. The van der Waals surface area contributed by atoms with Crippen molar-refractivity contribution in [2.24, 2.45) is 0 Å². The molecule has 134 valence electrons. The Morgan fingerprint density at radius 1 is 1.19 bits per heavy atom. The van der Waals surface area contributed by atoms with Crippen LogP contribution in [0.1, 0.15) is 36.8 Å². The Bertz CT molecular complexity index is 912. The van der Waals surface area contributed by atoms with Crippen LogP contribution >= 0.6 is 11.8 Å². The molecule has 1 N–H and O–H groups in total. The minimum absolute atomic E-state index is 0.116. The summed E-state index contributed by atoms with van der Waals surface area (Å²) in [6, 6.07) is 5.75. The van der Waals surface area contributed by atoms with E-state index >= 15 is 0 Å². The first-order chi connectivity index (χ1) is 12.8. The normalized spacial score (nSPS) is 13.2. The van der Waals surface area contributed by atoms with E-state index in [0.29, 0.717) is 11.6 Å². The maximum absolute atomic E-state index is 9.51. The van der Waals surface area contributed by atoms with E-state index in [9.17, 15) is 5.11 Å². The van der Waals surface area contributed by atoms with Crippen LogP contribution < -0.4 is 0 Å². The number of hydrogen-bond donors (Lipinski definition) is 1. The average Bonchev–Trinajstić information content (AvgIpc) is 3.30. The lowest BCUT2D eigenvalue weighted by molar-refractivity contribution is 0.263. The Morgan fingerprint density at radius 3 is 2.88 bits per heavy atom. The van der Waals surface area contributed by atoms with E-state index in [4.69, 9.17) is 9.97 Å². The van der Waals surface area contributed by atoms with Crippen LogP contribution in [0.2, 0.25) is 0 Å². The molecule has 4 rings (SSSR count). The third kappa shape index (κ3) is 3.22. The van der Waals surface area contributed by atoms with Gasteiger partial charge in [-0.05, 0) is 49.6 Å². The van der Waals surface area contributed by atoms with Crippen LogP contribution in [0.5, 0.6) is 0 Å². The molecule has 8 heteroatoms. The van der Waals surface area contributed by atoms with Crippen molar-refractivity contribution in [3.05, 3.63) is 41.5 Å². The van der Waals surface area contributed by atoms with E-state index in [2.05, 4.69) is 22.1 Å². The van der Waals surface area contributed by atoms with Crippen molar-refractivity contribution in [2.75, 3.05) is 0 Å². The van der Waals surface area contributed by atoms with E-state index in [1.807, 2.05) is 22.8 Å². The summed E-state index contributed by atoms with van der Waals surface area (Å²) in [5.74, 6) is 1.24. The fourth-order valence-electron chi connectivity index (χ4n) is 3.14. The Labute approximate surface area is 155 Å². The van der Waals surface area contributed by atoms with Gasteiger partial charge in [0.2, 0.25) is 0 Å². The zero-order valence-corrected chi connectivity index (χ0v) is 15.4. The second-order valence-corrected chi connectivity index (χ2v) is 7.11. The molecule has 3 aromatic heterocycles. The van der Waals surface area contributed by atoms with Crippen molar-refractivity contribution in [3.8, 4) is 11.5 Å². The van der Waals surface area contributed by atoms with E-state index in [-0.39, 0.29) is 6.61 Å². The zero-order chi connectivity index (χ0) is 17.9. The molecule has 3 heterocycles. The van der Waals surface area contributed by atoms with Gasteiger partial charge in [-0.1, -0.05) is 13.0 Å². The molecule has 1 aliphatic carbocycles. The molecule has 0 saturated carbocycles. The van der Waals surface area contributed by atoms with Crippen LogP contribution in [-0.2, 0) is 26.0 Å². The molecule has 1 aliphatic rings. The summed E-state index contributed by atoms with van der Waals surface area (Å²) in [6.07, 6.45) is 5.74. The van der Waals surface area contributed by atoms with Crippen molar-refractivity contribution in [1.29, 1.82) is 0 Å². The van der Waals surface area contributed by atoms with Gasteiger partial charge in [0.05, 0.1) is 0 Å². The van der Waals surface area contributed by atoms with Gasteiger partial charge in [-0.3, -0.25) is 4.98 Å². The summed E-state index contributed by atoms with van der Waals surface area (Å²) < 4.78 is 1.97. The summed E-state index contributed by atoms with van der Waals surface area (Å²) in [7, 11) is 0. The molecule has 0 fully saturated rings. The maximum atomic E-state index is 9.51. The van der Waals surface area contributed by atoms with E-state index in [1.165, 1.54) is 17.3 Å². The molecule has 7 nitrogen and oxygen atoms in total. The van der Waals surface area contributed by atoms with Crippen molar-refractivity contribution in [3.63, 3.8) is 0 Å². The molecule has 3 aromatic rings. The summed E-state index contributed by atoms with van der Waals surface area (Å²) in [4.78, 5) is 13.9. The molecule has 0 unspecified atom stereocenters. The molecule has 0 aliphatic heterocycles. The molecule has 0 atom stereocenters. The minimum atomic E-state index is -0.116. The van der Waals surface area contributed by atoms with Crippen LogP contribution in [-0.4, -0.2) is 34.8 Å². The lowest BCUT2D eigenvalue weighted by atomic mass is 10.2. The number of aryl methyl sites for hydroxylation is 1. The Morgan fingerprint density at radius 2 is 2.12 bits per heavy atom. The summed E-state index contributed by atoms with van der Waals surface area (Å²) in [6.45, 7) is 2.75. The Hall–Kier alpha value is -2.32. The lowest BCUT2D eigenvalue weighted by Gasteiger charge is -2.11. The molecule has 0 spiro atoms. The first-order valence-electron chi connectivity index (χ1n) is 8.82. The standard InChI is InChI=1S/C18H20N6OS/c1-2-10-24-15(11-25)22-23-18(24)26-17-12-6-5-8-13(12)20-16(21-17)14-7-3-4-9-19-14/h3-4,7,9,25H,2,5-6,8,10-11H2,1H3. The van der Waals surface area contributed by atoms with Crippen LogP contribution in [0.25, 0.3) is 11.5 Å². The number of nitrogens with zero attached hydrogens (tertiary/aromatic N) is 6. The monoisotopic (exact) mass is 368 g/mol. The van der Waals surface area contributed by atoms with Gasteiger partial charge in [0.15, 0.2) is 16.8 Å². The van der Waals surface area contributed by atoms with Crippen LogP contribution in [0.4, 0.5) is 0 Å². The van der Waals surface area contributed by atoms with Crippen molar-refractivity contribution in [1.82, 2.24) is 29.7 Å². The molecule has 0 radical (unpaired) electrons. The van der Waals surface area contributed by atoms with Gasteiger partial charge in [-0.2, -0.15) is 0 Å². The fourth-order valence-corrected chi connectivity index (χ4v) is 4.17. The first kappa shape index (κ1) is 17.1.